The fourth-order valence-corrected chi connectivity index (χ4v) is 3.03. The molecule has 0 aliphatic carbocycles. The molecule has 0 spiro atoms. The Morgan fingerprint density at radius 3 is 1.69 bits per heavy atom. The summed E-state index contributed by atoms with van der Waals surface area (Å²) in [6.45, 7) is 4.00. The van der Waals surface area contributed by atoms with Crippen molar-refractivity contribution in [2.75, 3.05) is 16.0 Å². The topological polar surface area (TPSA) is 72.8 Å². The van der Waals surface area contributed by atoms with E-state index in [9.17, 15) is 0 Å². The first-order chi connectivity index (χ1) is 14.1. The lowest BCUT2D eigenvalue weighted by atomic mass is 10.2. The van der Waals surface area contributed by atoms with Gasteiger partial charge in [0.25, 0.3) is 0 Å². The lowest BCUT2D eigenvalue weighted by Crippen LogP contribution is -2.49. The first-order valence-electron chi connectivity index (χ1n) is 9.54. The van der Waals surface area contributed by atoms with E-state index >= 15 is 0 Å². The highest BCUT2D eigenvalue weighted by molar-refractivity contribution is 6.11. The van der Waals surface area contributed by atoms with Gasteiger partial charge in [-0.05, 0) is 43.3 Å². The van der Waals surface area contributed by atoms with E-state index in [0.29, 0.717) is 11.9 Å². The molecule has 1 unspecified atom stereocenters. The first-order valence-corrected chi connectivity index (χ1v) is 9.54. The minimum absolute atomic E-state index is 0.603. The molecule has 4 N–H and O–H groups in total. The molecule has 6 nitrogen and oxygen atoms in total. The molecule has 1 atom stereocenters. The Bertz CT molecular complexity index is 1010. The Morgan fingerprint density at radius 1 is 0.655 bits per heavy atom. The van der Waals surface area contributed by atoms with Crippen LogP contribution in [0.4, 0.5) is 17.1 Å². The average molecular weight is 384 g/mol. The summed E-state index contributed by atoms with van der Waals surface area (Å²) < 4.78 is 0. The molecule has 1 heterocycles. The number of para-hydroxylation sites is 2. The van der Waals surface area contributed by atoms with E-state index in [2.05, 4.69) is 40.3 Å². The number of nitrogens with one attached hydrogen (secondary N) is 4. The van der Waals surface area contributed by atoms with E-state index in [-0.39, 0.29) is 0 Å². The summed E-state index contributed by atoms with van der Waals surface area (Å²) in [6, 6.07) is 28.0. The Morgan fingerprint density at radius 2 is 1.14 bits per heavy atom. The molecule has 1 aliphatic heterocycles. The van der Waals surface area contributed by atoms with Crippen LogP contribution < -0.4 is 21.3 Å². The number of guanidine groups is 2. The van der Waals surface area contributed by atoms with Crippen LogP contribution in [0.1, 0.15) is 12.5 Å². The lowest BCUT2D eigenvalue weighted by Gasteiger charge is -2.31. The van der Waals surface area contributed by atoms with Gasteiger partial charge in [-0.3, -0.25) is 5.32 Å². The number of nitrogens with zero attached hydrogens (tertiary/aromatic N) is 2. The molecule has 0 bridgehead atoms. The predicted molar refractivity (Wildman–Crippen MR) is 121 cm³/mol. The molecule has 146 valence electrons. The second-order valence-electron chi connectivity index (χ2n) is 7.04. The summed E-state index contributed by atoms with van der Waals surface area (Å²) >= 11 is 0. The van der Waals surface area contributed by atoms with Crippen molar-refractivity contribution in [3.05, 3.63) is 90.5 Å². The quantitative estimate of drug-likeness (QED) is 0.530. The Labute approximate surface area is 170 Å². The molecule has 3 aromatic carbocycles. The maximum atomic E-state index is 4.77. The number of aliphatic imine (C=N–C) groups is 2. The molecule has 4 rings (SSSR count). The predicted octanol–water partition coefficient (Wildman–Crippen LogP) is 4.62. The van der Waals surface area contributed by atoms with Crippen molar-refractivity contribution in [2.45, 2.75) is 19.6 Å². The molecular formula is C23H24N6. The van der Waals surface area contributed by atoms with Crippen LogP contribution in [0.5, 0.6) is 0 Å². The third kappa shape index (κ3) is 4.93. The fourth-order valence-electron chi connectivity index (χ4n) is 3.03. The van der Waals surface area contributed by atoms with Crippen LogP contribution in [-0.2, 0) is 0 Å². The van der Waals surface area contributed by atoms with E-state index in [1.54, 1.807) is 0 Å². The van der Waals surface area contributed by atoms with E-state index in [0.717, 1.165) is 17.1 Å². The van der Waals surface area contributed by atoms with Gasteiger partial charge in [0, 0.05) is 24.0 Å². The minimum Gasteiger partial charge on any atom is -0.343 e. The highest BCUT2D eigenvalue weighted by Gasteiger charge is 2.28. The molecule has 29 heavy (non-hydrogen) atoms. The van der Waals surface area contributed by atoms with Crippen LogP contribution in [0.15, 0.2) is 94.9 Å². The Kier molecular flexibility index (Phi) is 5.16. The van der Waals surface area contributed by atoms with E-state index in [1.807, 2.05) is 79.7 Å². The zero-order chi connectivity index (χ0) is 20.1. The summed E-state index contributed by atoms with van der Waals surface area (Å²) in [7, 11) is 0. The summed E-state index contributed by atoms with van der Waals surface area (Å²) in [5, 5.41) is 13.3. The van der Waals surface area contributed by atoms with Crippen molar-refractivity contribution >= 4 is 29.0 Å². The number of benzene rings is 3. The van der Waals surface area contributed by atoms with Crippen molar-refractivity contribution in [2.24, 2.45) is 9.98 Å². The maximum absolute atomic E-state index is 4.77. The third-order valence-corrected chi connectivity index (χ3v) is 4.40. The number of rotatable bonds is 4. The molecular weight excluding hydrogens is 360 g/mol. The van der Waals surface area contributed by atoms with Crippen molar-refractivity contribution in [3.8, 4) is 0 Å². The van der Waals surface area contributed by atoms with Gasteiger partial charge in [-0.2, -0.15) is 0 Å². The summed E-state index contributed by atoms with van der Waals surface area (Å²) in [4.78, 5) is 9.54. The molecule has 0 amide bonds. The van der Waals surface area contributed by atoms with Crippen LogP contribution in [0.25, 0.3) is 0 Å². The lowest BCUT2D eigenvalue weighted by molar-refractivity contribution is 0.559. The molecule has 0 fully saturated rings. The highest BCUT2D eigenvalue weighted by Crippen LogP contribution is 2.21. The van der Waals surface area contributed by atoms with Gasteiger partial charge in [-0.15, -0.1) is 0 Å². The summed E-state index contributed by atoms with van der Waals surface area (Å²) in [5.74, 6) is 0.330. The zero-order valence-electron chi connectivity index (χ0n) is 16.5. The zero-order valence-corrected chi connectivity index (χ0v) is 16.5. The normalized spacial score (nSPS) is 18.1. The van der Waals surface area contributed by atoms with Crippen molar-refractivity contribution in [3.63, 3.8) is 0 Å². The van der Waals surface area contributed by atoms with Gasteiger partial charge in [0.15, 0.2) is 0 Å². The van der Waals surface area contributed by atoms with Crippen LogP contribution in [0, 0.1) is 6.92 Å². The molecule has 6 heteroatoms. The molecule has 3 aromatic rings. The highest BCUT2D eigenvalue weighted by atomic mass is 15.4. The first kappa shape index (κ1) is 18.6. The van der Waals surface area contributed by atoms with Gasteiger partial charge in [0.05, 0.1) is 0 Å². The van der Waals surface area contributed by atoms with Gasteiger partial charge in [0.1, 0.15) is 0 Å². The summed E-state index contributed by atoms with van der Waals surface area (Å²) in [6.07, 6.45) is 0. The number of hydrogen-bond acceptors (Lipinski definition) is 6. The van der Waals surface area contributed by atoms with E-state index in [4.69, 9.17) is 9.98 Å². The van der Waals surface area contributed by atoms with Crippen LogP contribution in [-0.4, -0.2) is 17.7 Å². The van der Waals surface area contributed by atoms with Crippen molar-refractivity contribution in [1.82, 2.24) is 5.32 Å². The van der Waals surface area contributed by atoms with Crippen molar-refractivity contribution < 1.29 is 0 Å². The van der Waals surface area contributed by atoms with Crippen LogP contribution in [0.3, 0.4) is 0 Å². The van der Waals surface area contributed by atoms with Gasteiger partial charge in [-0.1, -0.05) is 54.1 Å². The van der Waals surface area contributed by atoms with Gasteiger partial charge < -0.3 is 16.0 Å². The Balaban J connectivity index is 1.61. The fraction of sp³-hybridized carbons (Fsp3) is 0.130. The average Bonchev–Trinajstić information content (AvgIpc) is 2.70. The molecule has 0 saturated heterocycles. The number of anilines is 3. The van der Waals surface area contributed by atoms with E-state index < -0.39 is 5.79 Å². The summed E-state index contributed by atoms with van der Waals surface area (Å²) in [5.41, 5.74) is 4.04. The SMILES string of the molecule is Cc1ccc(NC2=NC(C)(Nc3ccccc3)N=C(Nc3ccccc3)N2)cc1. The second kappa shape index (κ2) is 8.06. The number of aryl methyl sites for hydroxylation is 1. The number of hydrogen-bond donors (Lipinski definition) is 4. The van der Waals surface area contributed by atoms with Crippen LogP contribution >= 0.6 is 0 Å². The third-order valence-electron chi connectivity index (χ3n) is 4.40. The van der Waals surface area contributed by atoms with Gasteiger partial charge >= 0.3 is 0 Å². The van der Waals surface area contributed by atoms with Crippen LogP contribution in [0.2, 0.25) is 0 Å². The molecule has 1 aliphatic rings. The van der Waals surface area contributed by atoms with Gasteiger partial charge in [-0.25, -0.2) is 9.98 Å². The van der Waals surface area contributed by atoms with Crippen molar-refractivity contribution in [1.29, 1.82) is 0 Å². The maximum Gasteiger partial charge on any atom is 0.229 e. The second-order valence-corrected chi connectivity index (χ2v) is 7.04. The van der Waals surface area contributed by atoms with E-state index in [1.165, 1.54) is 5.56 Å². The monoisotopic (exact) mass is 384 g/mol. The molecule has 0 saturated carbocycles. The largest absolute Gasteiger partial charge is 0.343 e. The molecule has 0 aromatic heterocycles. The Hall–Kier alpha value is -3.80. The smallest absolute Gasteiger partial charge is 0.229 e. The molecule has 0 radical (unpaired) electrons. The van der Waals surface area contributed by atoms with Gasteiger partial charge in [0.2, 0.25) is 17.7 Å². The standard InChI is InChI=1S/C23H24N6/c1-17-13-15-19(16-14-17)25-22-26-21(24-18-9-5-3-6-10-18)28-23(2,29-22)27-20-11-7-4-8-12-20/h3-16,27H,1-2H3,(H3,24,25,26,28,29). The minimum atomic E-state index is -0.878.